The van der Waals surface area contributed by atoms with E-state index in [-0.39, 0.29) is 18.0 Å². The Morgan fingerprint density at radius 1 is 1.37 bits per heavy atom. The number of nitrogens with one attached hydrogen (secondary N) is 1. The molecule has 1 aromatic carbocycles. The molecular formula is C20H19BrN4O2. The van der Waals surface area contributed by atoms with Crippen molar-refractivity contribution in [3.63, 3.8) is 0 Å². The molecule has 3 aromatic rings. The number of pyridine rings is 1. The predicted molar refractivity (Wildman–Crippen MR) is 108 cm³/mol. The maximum atomic E-state index is 12.8. The van der Waals surface area contributed by atoms with Crippen LogP contribution in [0.2, 0.25) is 0 Å². The summed E-state index contributed by atoms with van der Waals surface area (Å²) in [5.74, 6) is 0.308. The minimum Gasteiger partial charge on any atom is -0.324 e. The summed E-state index contributed by atoms with van der Waals surface area (Å²) in [6.07, 6.45) is 4.36. The molecule has 0 spiro atoms. The Balaban J connectivity index is 1.61. The summed E-state index contributed by atoms with van der Waals surface area (Å²) < 4.78 is 2.20. The molecule has 1 amide bonds. The van der Waals surface area contributed by atoms with Gasteiger partial charge in [-0.25, -0.2) is 9.97 Å². The molecule has 7 heteroatoms. The molecule has 27 heavy (non-hydrogen) atoms. The van der Waals surface area contributed by atoms with Gasteiger partial charge >= 0.3 is 0 Å². The third kappa shape index (κ3) is 3.78. The van der Waals surface area contributed by atoms with Crippen LogP contribution in [0.25, 0.3) is 11.0 Å². The zero-order chi connectivity index (χ0) is 19.0. The van der Waals surface area contributed by atoms with Gasteiger partial charge in [-0.1, -0.05) is 28.9 Å². The molecule has 0 fully saturated rings. The number of fused-ring (bicyclic) bond motifs is 2. The molecule has 4 rings (SSSR count). The minimum atomic E-state index is -0.282. The lowest BCUT2D eigenvalue weighted by atomic mass is 9.87. The van der Waals surface area contributed by atoms with E-state index in [1.54, 1.807) is 12.1 Å². The number of aromatic nitrogens is 3. The Bertz CT molecular complexity index is 1090. The number of carbonyl (C=O) groups is 1. The van der Waals surface area contributed by atoms with E-state index >= 15 is 0 Å². The Hall–Kier alpha value is -2.54. The number of hydrogen-bond donors (Lipinski definition) is 1. The van der Waals surface area contributed by atoms with Crippen molar-refractivity contribution in [3.05, 3.63) is 62.7 Å². The van der Waals surface area contributed by atoms with Crippen LogP contribution in [0.3, 0.4) is 0 Å². The monoisotopic (exact) mass is 426 g/mol. The van der Waals surface area contributed by atoms with Crippen LogP contribution >= 0.6 is 15.9 Å². The molecule has 0 saturated carbocycles. The van der Waals surface area contributed by atoms with Crippen molar-refractivity contribution in [2.24, 2.45) is 5.92 Å². The fraction of sp³-hybridized carbons (Fsp3) is 0.300. The number of amides is 1. The van der Waals surface area contributed by atoms with E-state index in [2.05, 4.69) is 38.1 Å². The second kappa shape index (κ2) is 7.23. The number of carbonyl (C=O) groups excluding carboxylic acids is 1. The lowest BCUT2D eigenvalue weighted by Gasteiger charge is -2.20. The molecular weight excluding hydrogens is 408 g/mol. The number of halogens is 1. The summed E-state index contributed by atoms with van der Waals surface area (Å²) in [6, 6.07) is 9.21. The Morgan fingerprint density at radius 3 is 3.04 bits per heavy atom. The highest BCUT2D eigenvalue weighted by atomic mass is 79.9. The highest BCUT2D eigenvalue weighted by Crippen LogP contribution is 2.25. The third-order valence-corrected chi connectivity index (χ3v) is 5.34. The first-order chi connectivity index (χ1) is 13.0. The first kappa shape index (κ1) is 17.9. The average molecular weight is 427 g/mol. The van der Waals surface area contributed by atoms with E-state index in [0.717, 1.165) is 35.0 Å². The number of anilines is 1. The molecule has 2 aromatic heterocycles. The van der Waals surface area contributed by atoms with E-state index in [1.807, 2.05) is 18.2 Å². The number of benzene rings is 1. The molecule has 0 radical (unpaired) electrons. The first-order valence-electron chi connectivity index (χ1n) is 8.93. The summed E-state index contributed by atoms with van der Waals surface area (Å²) in [7, 11) is 0. The molecule has 138 valence electrons. The van der Waals surface area contributed by atoms with E-state index in [9.17, 15) is 9.59 Å². The lowest BCUT2D eigenvalue weighted by Crippen LogP contribution is -2.28. The van der Waals surface area contributed by atoms with Crippen molar-refractivity contribution in [1.82, 2.24) is 14.5 Å². The van der Waals surface area contributed by atoms with Crippen molar-refractivity contribution in [2.45, 2.75) is 32.7 Å². The summed E-state index contributed by atoms with van der Waals surface area (Å²) in [5, 5.41) is 3.26. The van der Waals surface area contributed by atoms with E-state index in [1.165, 1.54) is 10.9 Å². The first-order valence-corrected chi connectivity index (χ1v) is 9.72. The van der Waals surface area contributed by atoms with Gasteiger partial charge in [-0.3, -0.25) is 14.2 Å². The standard InChI is InChI=1S/C20H19BrN4O2/c1-12-5-6-17-13(7-12)8-16-19(24-17)22-11-25(20(16)27)10-18(26)23-15-4-2-3-14(21)9-15/h2-4,8-9,11-12H,5-7,10H2,1H3,(H,23,26)/t12-/m0/s1. The molecule has 1 N–H and O–H groups in total. The van der Waals surface area contributed by atoms with Gasteiger partial charge in [-0.05, 0) is 55.0 Å². The van der Waals surface area contributed by atoms with E-state index < -0.39 is 0 Å². The minimum absolute atomic E-state index is 0.0955. The van der Waals surface area contributed by atoms with E-state index in [0.29, 0.717) is 22.6 Å². The maximum Gasteiger partial charge on any atom is 0.263 e. The van der Waals surface area contributed by atoms with Crippen LogP contribution in [0.1, 0.15) is 24.6 Å². The van der Waals surface area contributed by atoms with Gasteiger partial charge < -0.3 is 5.32 Å². The number of rotatable bonds is 3. The Morgan fingerprint density at radius 2 is 2.22 bits per heavy atom. The number of aryl methyl sites for hydroxylation is 1. The molecule has 6 nitrogen and oxygen atoms in total. The zero-order valence-corrected chi connectivity index (χ0v) is 16.5. The van der Waals surface area contributed by atoms with E-state index in [4.69, 9.17) is 0 Å². The van der Waals surface area contributed by atoms with Crippen molar-refractivity contribution in [1.29, 1.82) is 0 Å². The fourth-order valence-electron chi connectivity index (χ4n) is 3.46. The number of hydrogen-bond acceptors (Lipinski definition) is 4. The van der Waals surface area contributed by atoms with Gasteiger partial charge in [-0.15, -0.1) is 0 Å². The van der Waals surface area contributed by atoms with Gasteiger partial charge in [-0.2, -0.15) is 0 Å². The van der Waals surface area contributed by atoms with Gasteiger partial charge in [0.15, 0.2) is 5.65 Å². The van der Waals surface area contributed by atoms with Crippen LogP contribution < -0.4 is 10.9 Å². The maximum absolute atomic E-state index is 12.8. The lowest BCUT2D eigenvalue weighted by molar-refractivity contribution is -0.116. The predicted octanol–water partition coefficient (Wildman–Crippen LogP) is 3.32. The summed E-state index contributed by atoms with van der Waals surface area (Å²) in [5.41, 5.74) is 3.05. The zero-order valence-electron chi connectivity index (χ0n) is 14.9. The van der Waals surface area contributed by atoms with Crippen molar-refractivity contribution < 1.29 is 4.79 Å². The second-order valence-corrected chi connectivity index (χ2v) is 7.97. The van der Waals surface area contributed by atoms with Gasteiger partial charge in [0.2, 0.25) is 5.91 Å². The molecule has 2 heterocycles. The van der Waals surface area contributed by atoms with Gasteiger partial charge in [0.05, 0.1) is 5.39 Å². The average Bonchev–Trinajstić information content (AvgIpc) is 2.63. The summed E-state index contributed by atoms with van der Waals surface area (Å²) in [6.45, 7) is 2.11. The highest BCUT2D eigenvalue weighted by molar-refractivity contribution is 9.10. The highest BCUT2D eigenvalue weighted by Gasteiger charge is 2.19. The largest absolute Gasteiger partial charge is 0.324 e. The molecule has 0 bridgehead atoms. The topological polar surface area (TPSA) is 76.9 Å². The molecule has 0 saturated heterocycles. The van der Waals surface area contributed by atoms with Crippen LogP contribution in [-0.2, 0) is 24.2 Å². The molecule has 1 aliphatic carbocycles. The van der Waals surface area contributed by atoms with Crippen molar-refractivity contribution >= 4 is 38.6 Å². The smallest absolute Gasteiger partial charge is 0.263 e. The number of nitrogens with zero attached hydrogens (tertiary/aromatic N) is 3. The van der Waals surface area contributed by atoms with Crippen molar-refractivity contribution in [3.8, 4) is 0 Å². The second-order valence-electron chi connectivity index (χ2n) is 7.05. The molecule has 1 aliphatic rings. The van der Waals surface area contributed by atoms with Gasteiger partial charge in [0.25, 0.3) is 5.56 Å². The fourth-order valence-corrected chi connectivity index (χ4v) is 3.86. The molecule has 0 unspecified atom stereocenters. The van der Waals surface area contributed by atoms with Crippen LogP contribution in [0.15, 0.2) is 45.9 Å². The van der Waals surface area contributed by atoms with Crippen LogP contribution in [0.4, 0.5) is 5.69 Å². The van der Waals surface area contributed by atoms with Crippen LogP contribution in [0, 0.1) is 5.92 Å². The molecule has 1 atom stereocenters. The van der Waals surface area contributed by atoms with Crippen LogP contribution in [-0.4, -0.2) is 20.4 Å². The Kier molecular flexibility index (Phi) is 4.78. The Labute approximate surface area is 164 Å². The van der Waals surface area contributed by atoms with Crippen molar-refractivity contribution in [2.75, 3.05) is 5.32 Å². The SMILES string of the molecule is C[C@H]1CCc2nc3ncn(CC(=O)Nc4cccc(Br)c4)c(=O)c3cc2C1. The summed E-state index contributed by atoms with van der Waals surface area (Å²) >= 11 is 3.37. The quantitative estimate of drug-likeness (QED) is 0.696. The van der Waals surface area contributed by atoms with Crippen LogP contribution in [0.5, 0.6) is 0 Å². The molecule has 0 aliphatic heterocycles. The summed E-state index contributed by atoms with van der Waals surface area (Å²) in [4.78, 5) is 34.0. The van der Waals surface area contributed by atoms with Gasteiger partial charge in [0.1, 0.15) is 12.9 Å². The van der Waals surface area contributed by atoms with Gasteiger partial charge in [0, 0.05) is 15.9 Å². The third-order valence-electron chi connectivity index (χ3n) is 4.85. The normalized spacial score (nSPS) is 16.1.